The van der Waals surface area contributed by atoms with Crippen molar-refractivity contribution >= 4 is 0 Å². The molecule has 0 amide bonds. The quantitative estimate of drug-likeness (QED) is 0.835. The van der Waals surface area contributed by atoms with Gasteiger partial charge in [0.25, 0.3) is 0 Å². The van der Waals surface area contributed by atoms with E-state index in [-0.39, 0.29) is 11.2 Å². The lowest BCUT2D eigenvalue weighted by Gasteiger charge is -2.10. The third-order valence-corrected chi connectivity index (χ3v) is 3.04. The van der Waals surface area contributed by atoms with E-state index >= 15 is 0 Å². The Kier molecular flexibility index (Phi) is 1.77. The van der Waals surface area contributed by atoms with Gasteiger partial charge in [-0.3, -0.25) is 9.51 Å². The van der Waals surface area contributed by atoms with Crippen LogP contribution in [0.15, 0.2) is 33.6 Å². The van der Waals surface area contributed by atoms with Crippen LogP contribution in [0.1, 0.15) is 24.2 Å². The lowest BCUT2D eigenvalue weighted by molar-refractivity contribution is 0.378. The van der Waals surface area contributed by atoms with Gasteiger partial charge in [-0.15, -0.1) is 0 Å². The summed E-state index contributed by atoms with van der Waals surface area (Å²) in [6.07, 6.45) is 1.78. The molecule has 1 aliphatic rings. The zero-order valence-electron chi connectivity index (χ0n) is 8.37. The van der Waals surface area contributed by atoms with Gasteiger partial charge in [-0.2, -0.15) is 0 Å². The van der Waals surface area contributed by atoms with Gasteiger partial charge in [-0.1, -0.05) is 17.3 Å². The van der Waals surface area contributed by atoms with E-state index in [1.54, 1.807) is 12.1 Å². The Morgan fingerprint density at radius 3 is 2.50 bits per heavy atom. The minimum Gasteiger partial charge on any atom is -0.296 e. The molecule has 3 rings (SSSR count). The summed E-state index contributed by atoms with van der Waals surface area (Å²) < 4.78 is 17.3. The van der Waals surface area contributed by atoms with Crippen LogP contribution in [0.5, 0.6) is 0 Å². The SMILES string of the molecule is O=c1[nH]c(C2(c3ccc(F)cc3)CC2)no1. The number of aromatic amines is 1. The highest BCUT2D eigenvalue weighted by atomic mass is 19.1. The monoisotopic (exact) mass is 220 g/mol. The van der Waals surface area contributed by atoms with Gasteiger partial charge in [-0.25, -0.2) is 9.18 Å². The summed E-state index contributed by atoms with van der Waals surface area (Å²) in [6.45, 7) is 0. The normalized spacial score (nSPS) is 17.3. The third-order valence-electron chi connectivity index (χ3n) is 3.04. The highest BCUT2D eigenvalue weighted by molar-refractivity contribution is 5.38. The zero-order chi connectivity index (χ0) is 11.2. The van der Waals surface area contributed by atoms with Crippen molar-refractivity contribution in [1.29, 1.82) is 0 Å². The van der Waals surface area contributed by atoms with Crippen LogP contribution in [0.4, 0.5) is 4.39 Å². The summed E-state index contributed by atoms with van der Waals surface area (Å²) in [5.41, 5.74) is 0.679. The summed E-state index contributed by atoms with van der Waals surface area (Å²) in [6, 6.07) is 6.26. The first-order chi connectivity index (χ1) is 7.71. The molecule has 1 fully saturated rings. The first-order valence-electron chi connectivity index (χ1n) is 5.03. The number of halogens is 1. The van der Waals surface area contributed by atoms with E-state index in [0.29, 0.717) is 5.82 Å². The number of hydrogen-bond donors (Lipinski definition) is 1. The fraction of sp³-hybridized carbons (Fsp3) is 0.273. The topological polar surface area (TPSA) is 58.9 Å². The summed E-state index contributed by atoms with van der Waals surface area (Å²) in [4.78, 5) is 13.5. The molecule has 0 spiro atoms. The Morgan fingerprint density at radius 1 is 1.31 bits per heavy atom. The number of H-pyrrole nitrogens is 1. The van der Waals surface area contributed by atoms with Crippen molar-refractivity contribution in [2.45, 2.75) is 18.3 Å². The highest BCUT2D eigenvalue weighted by Gasteiger charge is 2.49. The van der Waals surface area contributed by atoms with Gasteiger partial charge >= 0.3 is 5.76 Å². The third kappa shape index (κ3) is 1.28. The average Bonchev–Trinajstić information content (AvgIpc) is 2.97. The standard InChI is InChI=1S/C11H9FN2O2/c12-8-3-1-7(2-4-8)11(5-6-11)9-13-10(15)16-14-9/h1-4H,5-6H2,(H,13,14,15). The highest BCUT2D eigenvalue weighted by Crippen LogP contribution is 2.51. The Balaban J connectivity index is 2.06. The van der Waals surface area contributed by atoms with Crippen molar-refractivity contribution in [3.8, 4) is 0 Å². The number of nitrogens with one attached hydrogen (secondary N) is 1. The van der Waals surface area contributed by atoms with Gasteiger partial charge in [0.15, 0.2) is 5.82 Å². The molecular formula is C11H9FN2O2. The summed E-state index contributed by atoms with van der Waals surface area (Å²) in [7, 11) is 0. The molecule has 1 aliphatic carbocycles. The van der Waals surface area contributed by atoms with Gasteiger partial charge in [0.05, 0.1) is 5.41 Å². The summed E-state index contributed by atoms with van der Waals surface area (Å²) in [5, 5.41) is 3.71. The van der Waals surface area contributed by atoms with Gasteiger partial charge in [0.1, 0.15) is 5.82 Å². The van der Waals surface area contributed by atoms with E-state index < -0.39 is 5.76 Å². The molecule has 1 N–H and O–H groups in total. The molecule has 1 heterocycles. The molecule has 0 atom stereocenters. The van der Waals surface area contributed by atoms with Crippen molar-refractivity contribution < 1.29 is 8.91 Å². The first kappa shape index (κ1) is 9.33. The van der Waals surface area contributed by atoms with Crippen molar-refractivity contribution in [3.05, 3.63) is 52.0 Å². The van der Waals surface area contributed by atoms with Crippen molar-refractivity contribution in [1.82, 2.24) is 10.1 Å². The van der Waals surface area contributed by atoms with Crippen LogP contribution in [0.25, 0.3) is 0 Å². The molecule has 0 radical (unpaired) electrons. The van der Waals surface area contributed by atoms with Gasteiger partial charge in [0.2, 0.25) is 0 Å². The van der Waals surface area contributed by atoms with Crippen LogP contribution < -0.4 is 5.76 Å². The molecule has 0 saturated heterocycles. The smallest absolute Gasteiger partial charge is 0.296 e. The molecule has 1 aromatic heterocycles. The molecule has 0 aliphatic heterocycles. The van der Waals surface area contributed by atoms with E-state index in [4.69, 9.17) is 0 Å². The summed E-state index contributed by atoms with van der Waals surface area (Å²) >= 11 is 0. The minimum absolute atomic E-state index is 0.270. The second-order valence-electron chi connectivity index (χ2n) is 4.03. The molecular weight excluding hydrogens is 211 g/mol. The van der Waals surface area contributed by atoms with Gasteiger partial charge < -0.3 is 0 Å². The molecule has 1 saturated carbocycles. The molecule has 4 nitrogen and oxygen atoms in total. The molecule has 16 heavy (non-hydrogen) atoms. The molecule has 0 unspecified atom stereocenters. The Morgan fingerprint density at radius 2 is 2.00 bits per heavy atom. The van der Waals surface area contributed by atoms with Crippen LogP contribution in [0.3, 0.4) is 0 Å². The first-order valence-corrected chi connectivity index (χ1v) is 5.03. The zero-order valence-corrected chi connectivity index (χ0v) is 8.37. The van der Waals surface area contributed by atoms with E-state index in [0.717, 1.165) is 18.4 Å². The predicted octanol–water partition coefficient (Wildman–Crippen LogP) is 1.58. The average molecular weight is 220 g/mol. The molecule has 2 aromatic rings. The van der Waals surface area contributed by atoms with Crippen LogP contribution >= 0.6 is 0 Å². The molecule has 82 valence electrons. The van der Waals surface area contributed by atoms with E-state index in [1.807, 2.05) is 0 Å². The molecule has 0 bridgehead atoms. The fourth-order valence-electron chi connectivity index (χ4n) is 1.99. The lowest BCUT2D eigenvalue weighted by atomic mass is 9.95. The Bertz CT molecular complexity index is 566. The maximum Gasteiger partial charge on any atom is 0.438 e. The van der Waals surface area contributed by atoms with Gasteiger partial charge in [0, 0.05) is 0 Å². The maximum atomic E-state index is 12.8. The molecule has 1 aromatic carbocycles. The van der Waals surface area contributed by atoms with E-state index in [2.05, 4.69) is 14.7 Å². The fourth-order valence-corrected chi connectivity index (χ4v) is 1.99. The van der Waals surface area contributed by atoms with Crippen LogP contribution in [-0.4, -0.2) is 10.1 Å². The largest absolute Gasteiger partial charge is 0.438 e. The van der Waals surface area contributed by atoms with Crippen LogP contribution in [-0.2, 0) is 5.41 Å². The second-order valence-corrected chi connectivity index (χ2v) is 4.03. The number of benzene rings is 1. The van der Waals surface area contributed by atoms with Gasteiger partial charge in [-0.05, 0) is 30.5 Å². The minimum atomic E-state index is -0.552. The predicted molar refractivity (Wildman–Crippen MR) is 53.5 cm³/mol. The van der Waals surface area contributed by atoms with E-state index in [9.17, 15) is 9.18 Å². The van der Waals surface area contributed by atoms with Crippen molar-refractivity contribution in [2.75, 3.05) is 0 Å². The van der Waals surface area contributed by atoms with Crippen molar-refractivity contribution in [3.63, 3.8) is 0 Å². The Labute approximate surface area is 90.1 Å². The summed E-state index contributed by atoms with van der Waals surface area (Å²) in [5.74, 6) is -0.291. The van der Waals surface area contributed by atoms with Crippen molar-refractivity contribution in [2.24, 2.45) is 0 Å². The number of nitrogens with zero attached hydrogens (tertiary/aromatic N) is 1. The van der Waals surface area contributed by atoms with Crippen LogP contribution in [0.2, 0.25) is 0 Å². The molecule has 5 heteroatoms. The number of hydrogen-bond acceptors (Lipinski definition) is 3. The second kappa shape index (κ2) is 3.04. The Hall–Kier alpha value is -1.91. The lowest BCUT2D eigenvalue weighted by Crippen LogP contribution is -2.12. The van der Waals surface area contributed by atoms with E-state index in [1.165, 1.54) is 12.1 Å². The number of rotatable bonds is 2. The van der Waals surface area contributed by atoms with Crippen LogP contribution in [0, 0.1) is 5.82 Å². The number of aromatic nitrogens is 2. The maximum absolute atomic E-state index is 12.8.